The molecule has 0 radical (unpaired) electrons. The molecule has 1 aromatic carbocycles. The van der Waals surface area contributed by atoms with Crippen LogP contribution in [0.4, 0.5) is 5.69 Å². The quantitative estimate of drug-likeness (QED) is 0.870. The van der Waals surface area contributed by atoms with Gasteiger partial charge in [-0.2, -0.15) is 0 Å². The van der Waals surface area contributed by atoms with Gasteiger partial charge in [0.25, 0.3) is 0 Å². The molecule has 3 atom stereocenters. The third kappa shape index (κ3) is 3.41. The van der Waals surface area contributed by atoms with Gasteiger partial charge in [-0.1, -0.05) is 25.4 Å². The standard InChI is InChI=1S/C15H20ClNO2/c1-9-3-5-12(7-10(9)2)17-14-6-4-11(15(18)19)8-13(14)16/h4,6,8-10,12,17H,3,5,7H2,1-2H3,(H,18,19). The van der Waals surface area contributed by atoms with Crippen molar-refractivity contribution in [1.82, 2.24) is 0 Å². The summed E-state index contributed by atoms with van der Waals surface area (Å²) in [6, 6.07) is 5.28. The zero-order chi connectivity index (χ0) is 14.0. The Morgan fingerprint density at radius 1 is 1.32 bits per heavy atom. The highest BCUT2D eigenvalue weighted by Crippen LogP contribution is 2.32. The van der Waals surface area contributed by atoms with Gasteiger partial charge in [0.1, 0.15) is 0 Å². The number of carbonyl (C=O) groups is 1. The number of nitrogens with one attached hydrogen (secondary N) is 1. The SMILES string of the molecule is CC1CCC(Nc2ccc(C(=O)O)cc2Cl)CC1C. The second-order valence-electron chi connectivity index (χ2n) is 5.61. The van der Waals surface area contributed by atoms with E-state index in [0.29, 0.717) is 17.0 Å². The van der Waals surface area contributed by atoms with Gasteiger partial charge in [-0.05, 0) is 49.3 Å². The van der Waals surface area contributed by atoms with Crippen molar-refractivity contribution < 1.29 is 9.90 Å². The van der Waals surface area contributed by atoms with E-state index in [1.165, 1.54) is 12.5 Å². The zero-order valence-electron chi connectivity index (χ0n) is 11.3. The molecule has 0 aliphatic heterocycles. The van der Waals surface area contributed by atoms with Crippen molar-refractivity contribution in [3.8, 4) is 0 Å². The molecule has 3 unspecified atom stereocenters. The first-order valence-electron chi connectivity index (χ1n) is 6.76. The third-order valence-corrected chi connectivity index (χ3v) is 4.49. The molecule has 3 nitrogen and oxygen atoms in total. The van der Waals surface area contributed by atoms with Crippen LogP contribution in [0.2, 0.25) is 5.02 Å². The number of hydrogen-bond donors (Lipinski definition) is 2. The molecule has 2 rings (SSSR count). The summed E-state index contributed by atoms with van der Waals surface area (Å²) in [6.45, 7) is 4.59. The van der Waals surface area contributed by atoms with Crippen molar-refractivity contribution in [2.75, 3.05) is 5.32 Å². The molecule has 4 heteroatoms. The summed E-state index contributed by atoms with van der Waals surface area (Å²) in [5, 5.41) is 12.8. The summed E-state index contributed by atoms with van der Waals surface area (Å²) >= 11 is 6.13. The normalized spacial score (nSPS) is 27.0. The lowest BCUT2D eigenvalue weighted by Gasteiger charge is -2.33. The van der Waals surface area contributed by atoms with Gasteiger partial charge in [0.15, 0.2) is 0 Å². The van der Waals surface area contributed by atoms with Gasteiger partial charge < -0.3 is 10.4 Å². The maximum Gasteiger partial charge on any atom is 0.335 e. The van der Waals surface area contributed by atoms with Gasteiger partial charge in [-0.3, -0.25) is 0 Å². The Balaban J connectivity index is 2.05. The van der Waals surface area contributed by atoms with Crippen LogP contribution in [-0.2, 0) is 0 Å². The summed E-state index contributed by atoms with van der Waals surface area (Å²) in [6.07, 6.45) is 3.50. The summed E-state index contributed by atoms with van der Waals surface area (Å²) in [5.74, 6) is 0.541. The van der Waals surface area contributed by atoms with E-state index in [0.717, 1.165) is 24.4 Å². The number of rotatable bonds is 3. The monoisotopic (exact) mass is 281 g/mol. The second kappa shape index (κ2) is 5.83. The topological polar surface area (TPSA) is 49.3 Å². The van der Waals surface area contributed by atoms with Crippen LogP contribution in [0.1, 0.15) is 43.5 Å². The smallest absolute Gasteiger partial charge is 0.335 e. The van der Waals surface area contributed by atoms with Gasteiger partial charge in [0, 0.05) is 6.04 Å². The van der Waals surface area contributed by atoms with Crippen LogP contribution in [0.25, 0.3) is 0 Å². The first kappa shape index (κ1) is 14.2. The van der Waals surface area contributed by atoms with E-state index >= 15 is 0 Å². The van der Waals surface area contributed by atoms with E-state index in [4.69, 9.17) is 16.7 Å². The third-order valence-electron chi connectivity index (χ3n) is 4.17. The highest BCUT2D eigenvalue weighted by atomic mass is 35.5. The largest absolute Gasteiger partial charge is 0.478 e. The molecule has 19 heavy (non-hydrogen) atoms. The van der Waals surface area contributed by atoms with Gasteiger partial charge in [-0.15, -0.1) is 0 Å². The molecule has 1 fully saturated rings. The van der Waals surface area contributed by atoms with E-state index in [1.807, 2.05) is 0 Å². The van der Waals surface area contributed by atoms with Crippen LogP contribution in [0.3, 0.4) is 0 Å². The summed E-state index contributed by atoms with van der Waals surface area (Å²) in [4.78, 5) is 10.9. The fraction of sp³-hybridized carbons (Fsp3) is 0.533. The molecule has 1 aliphatic rings. The molecule has 0 aromatic heterocycles. The predicted octanol–water partition coefficient (Wildman–Crippen LogP) is 4.27. The van der Waals surface area contributed by atoms with E-state index in [1.54, 1.807) is 12.1 Å². The highest BCUT2D eigenvalue weighted by molar-refractivity contribution is 6.33. The number of aromatic carboxylic acids is 1. The first-order chi connectivity index (χ1) is 8.97. The minimum Gasteiger partial charge on any atom is -0.478 e. The Morgan fingerprint density at radius 3 is 2.63 bits per heavy atom. The fourth-order valence-corrected chi connectivity index (χ4v) is 2.90. The molecule has 0 bridgehead atoms. The predicted molar refractivity (Wildman–Crippen MR) is 78.0 cm³/mol. The van der Waals surface area contributed by atoms with Crippen molar-refractivity contribution in [3.63, 3.8) is 0 Å². The van der Waals surface area contributed by atoms with E-state index in [-0.39, 0.29) is 5.56 Å². The van der Waals surface area contributed by atoms with Crippen molar-refractivity contribution in [3.05, 3.63) is 28.8 Å². The summed E-state index contributed by atoms with van der Waals surface area (Å²) in [5.41, 5.74) is 1.06. The first-order valence-corrected chi connectivity index (χ1v) is 7.14. The number of hydrogen-bond acceptors (Lipinski definition) is 2. The van der Waals surface area contributed by atoms with Crippen molar-refractivity contribution in [2.24, 2.45) is 11.8 Å². The Bertz CT molecular complexity index is 475. The van der Waals surface area contributed by atoms with E-state index < -0.39 is 5.97 Å². The molecule has 0 amide bonds. The molecule has 0 spiro atoms. The zero-order valence-corrected chi connectivity index (χ0v) is 12.1. The minimum absolute atomic E-state index is 0.223. The Kier molecular flexibility index (Phi) is 4.35. The van der Waals surface area contributed by atoms with Gasteiger partial charge in [0.2, 0.25) is 0 Å². The maximum absolute atomic E-state index is 10.9. The van der Waals surface area contributed by atoms with Crippen LogP contribution < -0.4 is 5.32 Å². The molecule has 2 N–H and O–H groups in total. The maximum atomic E-state index is 10.9. The minimum atomic E-state index is -0.950. The van der Waals surface area contributed by atoms with Crippen molar-refractivity contribution in [2.45, 2.75) is 39.2 Å². The molecule has 0 heterocycles. The number of carboxylic acid groups (broad SMARTS) is 1. The van der Waals surface area contributed by atoms with Crippen molar-refractivity contribution >= 4 is 23.3 Å². The van der Waals surface area contributed by atoms with Gasteiger partial charge >= 0.3 is 5.97 Å². The molecular formula is C15H20ClNO2. The molecular weight excluding hydrogens is 262 g/mol. The molecule has 1 saturated carbocycles. The van der Waals surface area contributed by atoms with Crippen LogP contribution in [0.5, 0.6) is 0 Å². The molecule has 1 aromatic rings. The summed E-state index contributed by atoms with van der Waals surface area (Å²) in [7, 11) is 0. The van der Waals surface area contributed by atoms with Crippen molar-refractivity contribution in [1.29, 1.82) is 0 Å². The van der Waals surface area contributed by atoms with Gasteiger partial charge in [-0.25, -0.2) is 4.79 Å². The van der Waals surface area contributed by atoms with Gasteiger partial charge in [0.05, 0.1) is 16.3 Å². The lowest BCUT2D eigenvalue weighted by atomic mass is 9.79. The number of anilines is 1. The molecule has 0 saturated heterocycles. The Morgan fingerprint density at radius 2 is 2.05 bits per heavy atom. The Labute approximate surface area is 119 Å². The van der Waals surface area contributed by atoms with Crippen LogP contribution >= 0.6 is 11.6 Å². The van der Waals surface area contributed by atoms with E-state index in [2.05, 4.69) is 19.2 Å². The van der Waals surface area contributed by atoms with Crippen LogP contribution in [-0.4, -0.2) is 17.1 Å². The van der Waals surface area contributed by atoms with E-state index in [9.17, 15) is 4.79 Å². The van der Waals surface area contributed by atoms with Crippen LogP contribution in [0.15, 0.2) is 18.2 Å². The molecule has 1 aliphatic carbocycles. The summed E-state index contributed by atoms with van der Waals surface area (Å²) < 4.78 is 0. The van der Waals surface area contributed by atoms with Crippen LogP contribution in [0, 0.1) is 11.8 Å². The Hall–Kier alpha value is -1.22. The fourth-order valence-electron chi connectivity index (χ4n) is 2.66. The second-order valence-corrected chi connectivity index (χ2v) is 6.02. The number of benzene rings is 1. The average Bonchev–Trinajstić information content (AvgIpc) is 2.36. The molecule has 104 valence electrons. The highest BCUT2D eigenvalue weighted by Gasteiger charge is 2.24. The lowest BCUT2D eigenvalue weighted by molar-refractivity contribution is 0.0697. The number of carboxylic acids is 1. The number of halogens is 1. The lowest BCUT2D eigenvalue weighted by Crippen LogP contribution is -2.30. The average molecular weight is 282 g/mol.